The molecule has 3 heteroatoms. The topological polar surface area (TPSA) is 15.3 Å². The summed E-state index contributed by atoms with van der Waals surface area (Å²) in [4.78, 5) is 4.24. The Morgan fingerprint density at radius 2 is 2.00 bits per heavy atom. The van der Waals surface area contributed by atoms with Crippen LogP contribution in [0, 0.1) is 0 Å². The van der Waals surface area contributed by atoms with Gasteiger partial charge in [-0.15, -0.1) is 11.3 Å². The first-order chi connectivity index (χ1) is 9.88. The van der Waals surface area contributed by atoms with E-state index in [9.17, 15) is 0 Å². The number of fused-ring (bicyclic) bond motifs is 1. The molecule has 1 aliphatic rings. The Balaban J connectivity index is 1.86. The minimum atomic E-state index is 0.597. The van der Waals surface area contributed by atoms with Crippen LogP contribution >= 0.6 is 11.3 Å². The van der Waals surface area contributed by atoms with Gasteiger partial charge in [0.1, 0.15) is 0 Å². The number of thiophene rings is 1. The molecule has 2 aromatic rings. The third kappa shape index (κ3) is 3.05. The van der Waals surface area contributed by atoms with Crippen molar-refractivity contribution in [3.05, 3.63) is 35.2 Å². The van der Waals surface area contributed by atoms with E-state index in [1.165, 1.54) is 48.9 Å². The Hall–Kier alpha value is -0.900. The zero-order valence-corrected chi connectivity index (χ0v) is 13.1. The molecule has 1 aromatic heterocycles. The molecule has 1 saturated heterocycles. The highest BCUT2D eigenvalue weighted by atomic mass is 32.1. The van der Waals surface area contributed by atoms with E-state index in [1.807, 2.05) is 11.3 Å². The van der Waals surface area contributed by atoms with Crippen molar-refractivity contribution in [3.63, 3.8) is 0 Å². The molecule has 3 rings (SSSR count). The molecule has 0 aliphatic carbocycles. The highest BCUT2D eigenvalue weighted by Gasteiger charge is 2.23. The van der Waals surface area contributed by atoms with E-state index in [2.05, 4.69) is 47.6 Å². The molecule has 1 aliphatic heterocycles. The van der Waals surface area contributed by atoms with Gasteiger partial charge in [0.15, 0.2) is 0 Å². The quantitative estimate of drug-likeness (QED) is 0.893. The zero-order valence-electron chi connectivity index (χ0n) is 12.3. The zero-order chi connectivity index (χ0) is 13.8. The fourth-order valence-electron chi connectivity index (χ4n) is 3.18. The molecule has 2 heterocycles. The molecule has 1 atom stereocenters. The molecule has 0 radical (unpaired) electrons. The molecule has 0 saturated carbocycles. The van der Waals surface area contributed by atoms with Crippen LogP contribution in [0.3, 0.4) is 0 Å². The smallest absolute Gasteiger partial charge is 0.0454 e. The minimum Gasteiger partial charge on any atom is -0.320 e. The monoisotopic (exact) mass is 288 g/mol. The lowest BCUT2D eigenvalue weighted by molar-refractivity contribution is 0.158. The Labute approximate surface area is 125 Å². The van der Waals surface area contributed by atoms with Gasteiger partial charge in [0, 0.05) is 15.6 Å². The van der Waals surface area contributed by atoms with Crippen LogP contribution in [-0.2, 0) is 0 Å². The highest BCUT2D eigenvalue weighted by Crippen LogP contribution is 2.35. The number of hydrogen-bond acceptors (Lipinski definition) is 3. The van der Waals surface area contributed by atoms with E-state index in [0.717, 1.165) is 6.54 Å². The van der Waals surface area contributed by atoms with E-state index in [-0.39, 0.29) is 0 Å². The van der Waals surface area contributed by atoms with Gasteiger partial charge in [0.2, 0.25) is 0 Å². The van der Waals surface area contributed by atoms with Crippen LogP contribution in [0.15, 0.2) is 30.3 Å². The summed E-state index contributed by atoms with van der Waals surface area (Å²) < 4.78 is 1.42. The largest absolute Gasteiger partial charge is 0.320 e. The molecule has 1 N–H and O–H groups in total. The van der Waals surface area contributed by atoms with Gasteiger partial charge in [-0.3, -0.25) is 4.90 Å². The standard InChI is InChI=1S/C17H24N2S/c1-18-10-9-15(19-11-5-2-6-12-19)17-13-14-7-3-4-8-16(14)20-17/h3-4,7-8,13,15,18H,2,5-6,9-12H2,1H3. The lowest BCUT2D eigenvalue weighted by Crippen LogP contribution is -2.34. The Bertz CT molecular complexity index is 510. The lowest BCUT2D eigenvalue weighted by atomic mass is 10.0. The van der Waals surface area contributed by atoms with Crippen molar-refractivity contribution in [2.45, 2.75) is 31.7 Å². The maximum absolute atomic E-state index is 3.32. The second kappa shape index (κ2) is 6.70. The van der Waals surface area contributed by atoms with Crippen molar-refractivity contribution >= 4 is 21.4 Å². The Morgan fingerprint density at radius 1 is 1.20 bits per heavy atom. The second-order valence-electron chi connectivity index (χ2n) is 5.69. The number of nitrogens with one attached hydrogen (secondary N) is 1. The molecule has 108 valence electrons. The summed E-state index contributed by atoms with van der Waals surface area (Å²) in [7, 11) is 2.05. The van der Waals surface area contributed by atoms with E-state index >= 15 is 0 Å². The van der Waals surface area contributed by atoms with E-state index < -0.39 is 0 Å². The third-order valence-corrected chi connectivity index (χ3v) is 5.49. The molecule has 0 amide bonds. The summed E-state index contributed by atoms with van der Waals surface area (Å²) in [5.74, 6) is 0. The van der Waals surface area contributed by atoms with Gasteiger partial charge in [-0.2, -0.15) is 0 Å². The fourth-order valence-corrected chi connectivity index (χ4v) is 4.42. The maximum Gasteiger partial charge on any atom is 0.0454 e. The first kappa shape index (κ1) is 14.1. The first-order valence-electron chi connectivity index (χ1n) is 7.75. The summed E-state index contributed by atoms with van der Waals surface area (Å²) in [6, 6.07) is 11.8. The number of hydrogen-bond donors (Lipinski definition) is 1. The SMILES string of the molecule is CNCCC(c1cc2ccccc2s1)N1CCCCC1. The molecule has 0 spiro atoms. The summed E-state index contributed by atoms with van der Waals surface area (Å²) in [6.07, 6.45) is 5.34. The van der Waals surface area contributed by atoms with Crippen LogP contribution < -0.4 is 5.32 Å². The van der Waals surface area contributed by atoms with E-state index in [0.29, 0.717) is 6.04 Å². The average Bonchev–Trinajstić information content (AvgIpc) is 2.92. The maximum atomic E-state index is 3.32. The lowest BCUT2D eigenvalue weighted by Gasteiger charge is -2.34. The molecule has 2 nitrogen and oxygen atoms in total. The number of piperidine rings is 1. The minimum absolute atomic E-state index is 0.597. The number of rotatable bonds is 5. The van der Waals surface area contributed by atoms with Crippen molar-refractivity contribution in [1.82, 2.24) is 10.2 Å². The normalized spacial score (nSPS) is 18.4. The van der Waals surface area contributed by atoms with Gasteiger partial charge in [0.25, 0.3) is 0 Å². The molecular formula is C17H24N2S. The molecule has 1 aromatic carbocycles. The number of likely N-dealkylation sites (tertiary alicyclic amines) is 1. The summed E-state index contributed by atoms with van der Waals surface area (Å²) in [5, 5.41) is 4.72. The third-order valence-electron chi connectivity index (χ3n) is 4.27. The summed E-state index contributed by atoms with van der Waals surface area (Å²) in [6.45, 7) is 3.63. The molecule has 20 heavy (non-hydrogen) atoms. The van der Waals surface area contributed by atoms with Gasteiger partial charge in [-0.1, -0.05) is 24.6 Å². The van der Waals surface area contributed by atoms with Crippen LogP contribution in [0.4, 0.5) is 0 Å². The predicted octanol–water partition coefficient (Wildman–Crippen LogP) is 4.04. The van der Waals surface area contributed by atoms with Crippen molar-refractivity contribution in [2.24, 2.45) is 0 Å². The van der Waals surface area contributed by atoms with Gasteiger partial charge in [0.05, 0.1) is 0 Å². The van der Waals surface area contributed by atoms with Crippen LogP contribution in [0.25, 0.3) is 10.1 Å². The second-order valence-corrected chi connectivity index (χ2v) is 6.81. The molecular weight excluding hydrogens is 264 g/mol. The van der Waals surface area contributed by atoms with Crippen molar-refractivity contribution in [2.75, 3.05) is 26.7 Å². The van der Waals surface area contributed by atoms with Crippen molar-refractivity contribution in [1.29, 1.82) is 0 Å². The van der Waals surface area contributed by atoms with Crippen LogP contribution in [-0.4, -0.2) is 31.6 Å². The van der Waals surface area contributed by atoms with Crippen LogP contribution in [0.2, 0.25) is 0 Å². The number of benzene rings is 1. The molecule has 1 unspecified atom stereocenters. The van der Waals surface area contributed by atoms with Crippen LogP contribution in [0.1, 0.15) is 36.6 Å². The summed E-state index contributed by atoms with van der Waals surface area (Å²) >= 11 is 1.98. The van der Waals surface area contributed by atoms with Crippen molar-refractivity contribution in [3.8, 4) is 0 Å². The average molecular weight is 288 g/mol. The highest BCUT2D eigenvalue weighted by molar-refractivity contribution is 7.19. The molecule has 1 fully saturated rings. The first-order valence-corrected chi connectivity index (χ1v) is 8.57. The van der Waals surface area contributed by atoms with Gasteiger partial charge < -0.3 is 5.32 Å². The molecule has 0 bridgehead atoms. The van der Waals surface area contributed by atoms with Crippen molar-refractivity contribution < 1.29 is 0 Å². The van der Waals surface area contributed by atoms with Crippen LogP contribution in [0.5, 0.6) is 0 Å². The van der Waals surface area contributed by atoms with Gasteiger partial charge in [-0.25, -0.2) is 0 Å². The van der Waals surface area contributed by atoms with Gasteiger partial charge >= 0.3 is 0 Å². The van der Waals surface area contributed by atoms with E-state index in [4.69, 9.17) is 0 Å². The van der Waals surface area contributed by atoms with E-state index in [1.54, 1.807) is 4.88 Å². The Morgan fingerprint density at radius 3 is 2.75 bits per heavy atom. The van der Waals surface area contributed by atoms with Gasteiger partial charge in [-0.05, 0) is 63.5 Å². The summed E-state index contributed by atoms with van der Waals surface area (Å²) in [5.41, 5.74) is 0. The number of nitrogens with zero attached hydrogens (tertiary/aromatic N) is 1. The Kier molecular flexibility index (Phi) is 4.71. The predicted molar refractivity (Wildman–Crippen MR) is 88.5 cm³/mol. The fraction of sp³-hybridized carbons (Fsp3) is 0.529.